The average molecular weight is 375 g/mol. The van der Waals surface area contributed by atoms with E-state index < -0.39 is 0 Å². The molecule has 0 radical (unpaired) electrons. The Bertz CT molecular complexity index is 611. The first-order chi connectivity index (χ1) is 11.1. The summed E-state index contributed by atoms with van der Waals surface area (Å²) >= 11 is 3.43. The van der Waals surface area contributed by atoms with Gasteiger partial charge >= 0.3 is 6.03 Å². The van der Waals surface area contributed by atoms with Crippen LogP contribution >= 0.6 is 15.9 Å². The van der Waals surface area contributed by atoms with E-state index in [-0.39, 0.29) is 12.1 Å². The van der Waals surface area contributed by atoms with E-state index in [0.717, 1.165) is 16.5 Å². The first-order valence-electron chi connectivity index (χ1n) is 7.89. The Morgan fingerprint density at radius 3 is 2.30 bits per heavy atom. The fraction of sp³-hybridized carbons (Fsp3) is 0.316. The minimum Gasteiger partial charge on any atom is -0.338 e. The zero-order chi connectivity index (χ0) is 16.7. The van der Waals surface area contributed by atoms with Crippen molar-refractivity contribution in [3.8, 4) is 0 Å². The quantitative estimate of drug-likeness (QED) is 0.786. The summed E-state index contributed by atoms with van der Waals surface area (Å²) < 4.78 is 1.07. The van der Waals surface area contributed by atoms with Gasteiger partial charge in [0, 0.05) is 23.6 Å². The van der Waals surface area contributed by atoms with Crippen molar-refractivity contribution in [3.05, 3.63) is 70.2 Å². The van der Waals surface area contributed by atoms with Crippen LogP contribution in [0.4, 0.5) is 4.79 Å². The second kappa shape index (κ2) is 8.73. The number of halogens is 1. The van der Waals surface area contributed by atoms with Crippen LogP contribution in [0.1, 0.15) is 25.0 Å². The minimum absolute atomic E-state index is 0.0130. The number of nitrogens with zero attached hydrogens (tertiary/aromatic N) is 1. The van der Waals surface area contributed by atoms with E-state index >= 15 is 0 Å². The number of benzene rings is 2. The van der Waals surface area contributed by atoms with Gasteiger partial charge in [0.1, 0.15) is 0 Å². The molecular weight excluding hydrogens is 352 g/mol. The van der Waals surface area contributed by atoms with Crippen molar-refractivity contribution in [3.63, 3.8) is 0 Å². The number of carbonyl (C=O) groups is 1. The summed E-state index contributed by atoms with van der Waals surface area (Å²) in [7, 11) is 0. The molecule has 0 aliphatic rings. The molecule has 4 heteroatoms. The van der Waals surface area contributed by atoms with E-state index in [1.807, 2.05) is 61.2 Å². The summed E-state index contributed by atoms with van der Waals surface area (Å²) in [6, 6.07) is 18.4. The van der Waals surface area contributed by atoms with Crippen LogP contribution in [-0.4, -0.2) is 23.5 Å². The highest BCUT2D eigenvalue weighted by Gasteiger charge is 2.16. The summed E-state index contributed by atoms with van der Waals surface area (Å²) in [4.78, 5) is 14.3. The summed E-state index contributed by atoms with van der Waals surface area (Å²) in [5, 5.41) is 3.02. The van der Waals surface area contributed by atoms with E-state index in [0.29, 0.717) is 13.1 Å². The predicted molar refractivity (Wildman–Crippen MR) is 98.4 cm³/mol. The Kier molecular flexibility index (Phi) is 6.66. The van der Waals surface area contributed by atoms with Crippen molar-refractivity contribution in [2.45, 2.75) is 32.9 Å². The maximum absolute atomic E-state index is 12.4. The highest BCUT2D eigenvalue weighted by atomic mass is 79.9. The molecule has 2 rings (SSSR count). The molecule has 122 valence electrons. The summed E-state index contributed by atoms with van der Waals surface area (Å²) in [5.41, 5.74) is 2.36. The molecule has 0 aliphatic heterocycles. The third-order valence-corrected chi connectivity index (χ3v) is 4.21. The summed E-state index contributed by atoms with van der Waals surface area (Å²) in [6.45, 7) is 5.34. The zero-order valence-corrected chi connectivity index (χ0v) is 15.2. The number of amides is 2. The SMILES string of the molecule is CC(C)N(Cc1ccccc1)C(=O)NCCc1ccc(Br)cc1. The number of hydrogen-bond acceptors (Lipinski definition) is 1. The Morgan fingerprint density at radius 1 is 1.04 bits per heavy atom. The zero-order valence-electron chi connectivity index (χ0n) is 13.6. The molecule has 0 aliphatic carbocycles. The molecule has 2 aromatic carbocycles. The largest absolute Gasteiger partial charge is 0.338 e. The normalized spacial score (nSPS) is 10.6. The highest BCUT2D eigenvalue weighted by Crippen LogP contribution is 2.11. The molecule has 0 spiro atoms. The van der Waals surface area contributed by atoms with Gasteiger partial charge in [-0.2, -0.15) is 0 Å². The first kappa shape index (κ1) is 17.5. The van der Waals surface area contributed by atoms with Gasteiger partial charge in [-0.1, -0.05) is 58.4 Å². The maximum Gasteiger partial charge on any atom is 0.317 e. The molecule has 0 saturated heterocycles. The van der Waals surface area contributed by atoms with Crippen molar-refractivity contribution < 1.29 is 4.79 Å². The third kappa shape index (κ3) is 5.71. The minimum atomic E-state index is -0.0130. The average Bonchev–Trinajstić information content (AvgIpc) is 2.55. The van der Waals surface area contributed by atoms with E-state index in [1.54, 1.807) is 0 Å². The molecule has 0 fully saturated rings. The number of rotatable bonds is 6. The molecule has 0 unspecified atom stereocenters. The van der Waals surface area contributed by atoms with Gasteiger partial charge in [0.05, 0.1) is 0 Å². The van der Waals surface area contributed by atoms with Crippen LogP contribution in [-0.2, 0) is 13.0 Å². The van der Waals surface area contributed by atoms with E-state index in [2.05, 4.69) is 33.4 Å². The van der Waals surface area contributed by atoms with E-state index in [1.165, 1.54) is 5.56 Å². The van der Waals surface area contributed by atoms with Gasteiger partial charge in [0.2, 0.25) is 0 Å². The second-order valence-corrected chi connectivity index (χ2v) is 6.73. The molecule has 1 N–H and O–H groups in total. The molecule has 0 aromatic heterocycles. The molecule has 2 amide bonds. The Morgan fingerprint density at radius 2 is 1.70 bits per heavy atom. The number of urea groups is 1. The first-order valence-corrected chi connectivity index (χ1v) is 8.68. The summed E-state index contributed by atoms with van der Waals surface area (Å²) in [5.74, 6) is 0. The number of hydrogen-bond donors (Lipinski definition) is 1. The second-order valence-electron chi connectivity index (χ2n) is 5.82. The molecule has 23 heavy (non-hydrogen) atoms. The fourth-order valence-electron chi connectivity index (χ4n) is 2.34. The predicted octanol–water partition coefficient (Wildman–Crippen LogP) is 4.61. The Hall–Kier alpha value is -1.81. The highest BCUT2D eigenvalue weighted by molar-refractivity contribution is 9.10. The molecule has 0 heterocycles. The van der Waals surface area contributed by atoms with Crippen LogP contribution < -0.4 is 5.32 Å². The lowest BCUT2D eigenvalue weighted by Gasteiger charge is -2.27. The lowest BCUT2D eigenvalue weighted by atomic mass is 10.1. The molecular formula is C19H23BrN2O. The molecule has 0 bridgehead atoms. The van der Waals surface area contributed by atoms with Crippen molar-refractivity contribution in [1.82, 2.24) is 10.2 Å². The molecule has 2 aromatic rings. The Labute approximate surface area is 146 Å². The van der Waals surface area contributed by atoms with Crippen molar-refractivity contribution in [1.29, 1.82) is 0 Å². The van der Waals surface area contributed by atoms with Gasteiger partial charge in [0.15, 0.2) is 0 Å². The Balaban J connectivity index is 1.87. The van der Waals surface area contributed by atoms with Crippen LogP contribution in [0.2, 0.25) is 0 Å². The van der Waals surface area contributed by atoms with Gasteiger partial charge in [0.25, 0.3) is 0 Å². The van der Waals surface area contributed by atoms with Gasteiger partial charge in [-0.15, -0.1) is 0 Å². The molecule has 0 atom stereocenters. The molecule has 3 nitrogen and oxygen atoms in total. The van der Waals surface area contributed by atoms with Gasteiger partial charge in [-0.3, -0.25) is 0 Å². The van der Waals surface area contributed by atoms with Crippen LogP contribution in [0, 0.1) is 0 Å². The van der Waals surface area contributed by atoms with Gasteiger partial charge in [-0.05, 0) is 43.5 Å². The monoisotopic (exact) mass is 374 g/mol. The topological polar surface area (TPSA) is 32.3 Å². The van der Waals surface area contributed by atoms with Crippen LogP contribution in [0.5, 0.6) is 0 Å². The maximum atomic E-state index is 12.4. The fourth-order valence-corrected chi connectivity index (χ4v) is 2.60. The van der Waals surface area contributed by atoms with Gasteiger partial charge < -0.3 is 10.2 Å². The number of carbonyl (C=O) groups excluding carboxylic acids is 1. The standard InChI is InChI=1S/C19H23BrN2O/c1-15(2)22(14-17-6-4-3-5-7-17)19(23)21-13-12-16-8-10-18(20)11-9-16/h3-11,15H,12-14H2,1-2H3,(H,21,23). The molecule has 0 saturated carbocycles. The van der Waals surface area contributed by atoms with Crippen molar-refractivity contribution >= 4 is 22.0 Å². The van der Waals surface area contributed by atoms with Gasteiger partial charge in [-0.25, -0.2) is 4.79 Å². The third-order valence-electron chi connectivity index (χ3n) is 3.68. The summed E-state index contributed by atoms with van der Waals surface area (Å²) in [6.07, 6.45) is 0.830. The van der Waals surface area contributed by atoms with Crippen LogP contribution in [0.3, 0.4) is 0 Å². The lowest BCUT2D eigenvalue weighted by Crippen LogP contribution is -2.44. The van der Waals surface area contributed by atoms with Crippen molar-refractivity contribution in [2.75, 3.05) is 6.54 Å². The number of nitrogens with one attached hydrogen (secondary N) is 1. The van der Waals surface area contributed by atoms with Crippen LogP contribution in [0.25, 0.3) is 0 Å². The lowest BCUT2D eigenvalue weighted by molar-refractivity contribution is 0.180. The van der Waals surface area contributed by atoms with E-state index in [4.69, 9.17) is 0 Å². The van der Waals surface area contributed by atoms with E-state index in [9.17, 15) is 4.79 Å². The van der Waals surface area contributed by atoms with Crippen LogP contribution in [0.15, 0.2) is 59.1 Å². The van der Waals surface area contributed by atoms with Crippen molar-refractivity contribution in [2.24, 2.45) is 0 Å². The smallest absolute Gasteiger partial charge is 0.317 e.